The van der Waals surface area contributed by atoms with Gasteiger partial charge in [-0.05, 0) is 42.2 Å². The molecule has 192 valence electrons. The van der Waals surface area contributed by atoms with Gasteiger partial charge in [-0.25, -0.2) is 4.98 Å². The van der Waals surface area contributed by atoms with E-state index in [4.69, 9.17) is 30.8 Å². The van der Waals surface area contributed by atoms with Crippen LogP contribution in [0.5, 0.6) is 17.2 Å². The Morgan fingerprint density at radius 3 is 2.46 bits per heavy atom. The van der Waals surface area contributed by atoms with Crippen LogP contribution in [-0.2, 0) is 10.5 Å². The fourth-order valence-corrected chi connectivity index (χ4v) is 6.02. The molecule has 0 unspecified atom stereocenters. The molecule has 0 saturated carbocycles. The molecule has 5 rings (SSSR count). The average Bonchev–Trinajstić information content (AvgIpc) is 2.90. The highest BCUT2D eigenvalue weighted by Crippen LogP contribution is 2.47. The summed E-state index contributed by atoms with van der Waals surface area (Å²) >= 11 is 7.69. The number of aromatic nitrogens is 2. The molecule has 10 heteroatoms. The van der Waals surface area contributed by atoms with E-state index < -0.39 is 5.92 Å². The molecule has 0 fully saturated rings. The van der Waals surface area contributed by atoms with Crippen molar-refractivity contribution in [2.75, 3.05) is 26.6 Å². The molecule has 1 atom stereocenters. The second kappa shape index (κ2) is 10.5. The summed E-state index contributed by atoms with van der Waals surface area (Å²) < 4.78 is 16.6. The zero-order valence-electron chi connectivity index (χ0n) is 20.6. The Bertz CT molecular complexity index is 1440. The van der Waals surface area contributed by atoms with E-state index in [-0.39, 0.29) is 11.3 Å². The van der Waals surface area contributed by atoms with E-state index in [0.29, 0.717) is 68.5 Å². The second-order valence-electron chi connectivity index (χ2n) is 8.70. The van der Waals surface area contributed by atoms with E-state index in [2.05, 4.69) is 10.3 Å². The number of benzene rings is 2. The van der Waals surface area contributed by atoms with Gasteiger partial charge in [0, 0.05) is 34.4 Å². The van der Waals surface area contributed by atoms with Crippen molar-refractivity contribution in [2.45, 2.75) is 36.1 Å². The van der Waals surface area contributed by atoms with E-state index >= 15 is 0 Å². The number of H-pyrrole nitrogens is 1. The van der Waals surface area contributed by atoms with Gasteiger partial charge in [-0.1, -0.05) is 41.6 Å². The number of allylic oxidation sites excluding steroid dienone is 2. The maximum absolute atomic E-state index is 13.6. The van der Waals surface area contributed by atoms with Crippen molar-refractivity contribution in [1.82, 2.24) is 9.97 Å². The minimum atomic E-state index is -0.633. The van der Waals surface area contributed by atoms with Gasteiger partial charge in [0.15, 0.2) is 22.4 Å². The second-order valence-corrected chi connectivity index (χ2v) is 10.1. The van der Waals surface area contributed by atoms with Gasteiger partial charge < -0.3 is 24.5 Å². The fraction of sp³-hybridized carbons (Fsp3) is 0.296. The highest BCUT2D eigenvalue weighted by Gasteiger charge is 2.38. The molecule has 3 aromatic rings. The van der Waals surface area contributed by atoms with E-state index in [1.165, 1.54) is 33.1 Å². The smallest absolute Gasteiger partial charge is 0.257 e. The van der Waals surface area contributed by atoms with E-state index in [9.17, 15) is 9.59 Å². The van der Waals surface area contributed by atoms with Gasteiger partial charge in [-0.15, -0.1) is 0 Å². The number of aromatic amines is 1. The van der Waals surface area contributed by atoms with Crippen molar-refractivity contribution in [3.05, 3.63) is 79.7 Å². The number of anilines is 1. The number of Topliss-reactive ketones (excluding diaryl/α,β-unsaturated/α-hetero) is 1. The van der Waals surface area contributed by atoms with Crippen LogP contribution in [0.3, 0.4) is 0 Å². The average molecular weight is 540 g/mol. The molecule has 2 N–H and O–H groups in total. The summed E-state index contributed by atoms with van der Waals surface area (Å²) in [5, 5.41) is 4.42. The van der Waals surface area contributed by atoms with Crippen LogP contribution >= 0.6 is 23.4 Å². The van der Waals surface area contributed by atoms with Crippen LogP contribution in [0.1, 0.15) is 41.9 Å². The number of hydrogen-bond donors (Lipinski definition) is 2. The molecule has 0 radical (unpaired) electrons. The van der Waals surface area contributed by atoms with Crippen LogP contribution in [0.4, 0.5) is 5.82 Å². The van der Waals surface area contributed by atoms with Gasteiger partial charge in [0.1, 0.15) is 5.82 Å². The molecular weight excluding hydrogens is 514 g/mol. The number of nitrogens with one attached hydrogen (secondary N) is 2. The summed E-state index contributed by atoms with van der Waals surface area (Å²) in [6.45, 7) is 0. The van der Waals surface area contributed by atoms with Crippen LogP contribution in [0.25, 0.3) is 0 Å². The van der Waals surface area contributed by atoms with Gasteiger partial charge in [0.25, 0.3) is 5.56 Å². The van der Waals surface area contributed by atoms with Crippen molar-refractivity contribution in [1.29, 1.82) is 0 Å². The van der Waals surface area contributed by atoms with E-state index in [0.717, 1.165) is 17.7 Å². The SMILES string of the molecule is COc1cc([C@H]2C3=C(CCCC3=O)Nc3nc(SCc4ccccc4Cl)[nH]c(=O)c32)cc(OC)c1OC. The van der Waals surface area contributed by atoms with E-state index in [1.54, 1.807) is 12.1 Å². The van der Waals surface area contributed by atoms with Gasteiger partial charge in [0.05, 0.1) is 26.9 Å². The number of fused-ring (bicyclic) bond motifs is 1. The molecule has 2 heterocycles. The van der Waals surface area contributed by atoms with Crippen molar-refractivity contribution in [3.8, 4) is 17.2 Å². The van der Waals surface area contributed by atoms with Crippen molar-refractivity contribution in [2.24, 2.45) is 0 Å². The van der Waals surface area contributed by atoms with E-state index in [1.807, 2.05) is 24.3 Å². The number of methoxy groups -OCH3 is 3. The third-order valence-electron chi connectivity index (χ3n) is 6.58. The third-order valence-corrected chi connectivity index (χ3v) is 7.87. The topological polar surface area (TPSA) is 103 Å². The molecule has 2 aliphatic rings. The summed E-state index contributed by atoms with van der Waals surface area (Å²) in [6, 6.07) is 11.1. The lowest BCUT2D eigenvalue weighted by atomic mass is 9.76. The van der Waals surface area contributed by atoms with Gasteiger partial charge >= 0.3 is 0 Å². The van der Waals surface area contributed by atoms with Crippen LogP contribution in [0.15, 0.2) is 57.6 Å². The minimum Gasteiger partial charge on any atom is -0.493 e. The number of halogens is 1. The number of ketones is 1. The number of carbonyl (C=O) groups is 1. The Balaban J connectivity index is 1.62. The molecular formula is C27H26ClN3O5S. The highest BCUT2D eigenvalue weighted by atomic mass is 35.5. The minimum absolute atomic E-state index is 0.00900. The molecule has 0 spiro atoms. The Hall–Kier alpha value is -3.43. The Morgan fingerprint density at radius 1 is 1.05 bits per heavy atom. The standard InChI is InChI=1S/C27H26ClN3O5S/c1-34-19-11-15(12-20(35-2)24(19)36-3)21-22-17(9-6-10-18(22)32)29-25-23(21)26(33)31-27(30-25)37-13-14-7-4-5-8-16(14)28/h4-5,7-8,11-12,21H,6,9-10,13H2,1-3H3,(H2,29,30,31,33)/t21-/m0/s1. The Morgan fingerprint density at radius 2 is 1.78 bits per heavy atom. The summed E-state index contributed by atoms with van der Waals surface area (Å²) in [7, 11) is 4.59. The lowest BCUT2D eigenvalue weighted by Crippen LogP contribution is -2.32. The number of nitrogens with zero attached hydrogens (tertiary/aromatic N) is 1. The van der Waals surface area contributed by atoms with Crippen molar-refractivity contribution < 1.29 is 19.0 Å². The number of hydrogen-bond acceptors (Lipinski definition) is 8. The van der Waals surface area contributed by atoms with Gasteiger partial charge in [-0.2, -0.15) is 0 Å². The quantitative estimate of drug-likeness (QED) is 0.308. The zero-order valence-corrected chi connectivity index (χ0v) is 22.2. The lowest BCUT2D eigenvalue weighted by molar-refractivity contribution is -0.116. The number of ether oxygens (including phenoxy) is 3. The first-order valence-corrected chi connectivity index (χ1v) is 13.1. The molecule has 1 aliphatic carbocycles. The van der Waals surface area contributed by atoms with Crippen molar-refractivity contribution >= 4 is 35.0 Å². The molecule has 2 aromatic carbocycles. The van der Waals surface area contributed by atoms with Crippen LogP contribution in [0.2, 0.25) is 5.02 Å². The zero-order chi connectivity index (χ0) is 26.1. The first-order valence-electron chi connectivity index (χ1n) is 11.8. The molecule has 0 saturated heterocycles. The Labute approximate surface area is 223 Å². The number of carbonyl (C=O) groups excluding carboxylic acids is 1. The van der Waals surface area contributed by atoms with Crippen molar-refractivity contribution in [3.63, 3.8) is 0 Å². The number of rotatable bonds is 7. The van der Waals surface area contributed by atoms with Gasteiger partial charge in [-0.3, -0.25) is 9.59 Å². The third kappa shape index (κ3) is 4.69. The lowest BCUT2D eigenvalue weighted by Gasteiger charge is -2.33. The monoisotopic (exact) mass is 539 g/mol. The van der Waals surface area contributed by atoms with Gasteiger partial charge in [0.2, 0.25) is 5.75 Å². The molecule has 1 aliphatic heterocycles. The molecule has 0 amide bonds. The first-order chi connectivity index (χ1) is 17.9. The maximum Gasteiger partial charge on any atom is 0.257 e. The fourth-order valence-electron chi connectivity index (χ4n) is 4.87. The number of thioether (sulfide) groups is 1. The predicted octanol–water partition coefficient (Wildman–Crippen LogP) is 5.31. The molecule has 8 nitrogen and oxygen atoms in total. The Kier molecular flexibility index (Phi) is 7.17. The highest BCUT2D eigenvalue weighted by molar-refractivity contribution is 7.98. The normalized spacial score (nSPS) is 16.5. The summed E-state index contributed by atoms with van der Waals surface area (Å²) in [5.41, 5.74) is 3.07. The maximum atomic E-state index is 13.6. The van der Waals surface area contributed by atoms with Crippen LogP contribution < -0.4 is 25.1 Å². The summed E-state index contributed by atoms with van der Waals surface area (Å²) in [4.78, 5) is 34.4. The predicted molar refractivity (Wildman–Crippen MR) is 143 cm³/mol. The summed E-state index contributed by atoms with van der Waals surface area (Å²) in [6.07, 6.45) is 1.85. The first kappa shape index (κ1) is 25.2. The molecule has 0 bridgehead atoms. The van der Waals surface area contributed by atoms with Crippen LogP contribution in [-0.4, -0.2) is 37.1 Å². The largest absolute Gasteiger partial charge is 0.493 e. The summed E-state index contributed by atoms with van der Waals surface area (Å²) in [5.74, 6) is 1.69. The molecule has 37 heavy (non-hydrogen) atoms. The van der Waals surface area contributed by atoms with Crippen LogP contribution in [0, 0.1) is 0 Å². The molecule has 1 aromatic heterocycles.